The van der Waals surface area contributed by atoms with Gasteiger partial charge in [-0.1, -0.05) is 12.1 Å². The number of imide groups is 1. The summed E-state index contributed by atoms with van der Waals surface area (Å²) in [6, 6.07) is 5.86. The zero-order valence-corrected chi connectivity index (χ0v) is 16.2. The third-order valence-electron chi connectivity index (χ3n) is 7.04. The predicted octanol–water partition coefficient (Wildman–Crippen LogP) is 0.631. The molecule has 1 aromatic carbocycles. The molecule has 2 atom stereocenters. The van der Waals surface area contributed by atoms with Gasteiger partial charge in [-0.05, 0) is 48.9 Å². The molecule has 2 unspecified atom stereocenters. The Kier molecular flexibility index (Phi) is 4.07. The van der Waals surface area contributed by atoms with Gasteiger partial charge in [0.15, 0.2) is 0 Å². The molecule has 1 aliphatic carbocycles. The zero-order chi connectivity index (χ0) is 19.5. The molecule has 0 bridgehead atoms. The van der Waals surface area contributed by atoms with Crippen LogP contribution in [0.4, 0.5) is 0 Å². The van der Waals surface area contributed by atoms with Crippen LogP contribution >= 0.6 is 0 Å². The lowest BCUT2D eigenvalue weighted by molar-refractivity contribution is -0.136. The summed E-state index contributed by atoms with van der Waals surface area (Å²) in [5.41, 5.74) is 3.33. The van der Waals surface area contributed by atoms with E-state index < -0.39 is 6.04 Å². The van der Waals surface area contributed by atoms with Crippen molar-refractivity contribution in [3.05, 3.63) is 34.9 Å². The molecule has 3 fully saturated rings. The SMILES string of the molecule is CN(Cc1cccc2c1CN(C1CCC(=O)NC1=O)C2=O)C1CNCC12CC2. The Balaban J connectivity index is 1.36. The van der Waals surface area contributed by atoms with Crippen LogP contribution < -0.4 is 10.6 Å². The van der Waals surface area contributed by atoms with E-state index in [0.29, 0.717) is 30.0 Å². The van der Waals surface area contributed by atoms with Crippen LogP contribution in [0, 0.1) is 5.41 Å². The summed E-state index contributed by atoms with van der Waals surface area (Å²) in [5.74, 6) is -0.717. The molecule has 1 spiro atoms. The first kappa shape index (κ1) is 17.8. The standard InChI is InChI=1S/C21H26N4O3/c1-24(17-9-22-12-21(17)7-8-21)10-13-3-2-4-14-15(13)11-25(20(14)28)16-5-6-18(26)23-19(16)27/h2-4,16-17,22H,5-12H2,1H3,(H,23,26,27). The van der Waals surface area contributed by atoms with E-state index in [2.05, 4.69) is 28.6 Å². The van der Waals surface area contributed by atoms with Gasteiger partial charge in [0.25, 0.3) is 5.91 Å². The molecule has 3 amide bonds. The van der Waals surface area contributed by atoms with Crippen LogP contribution in [0.2, 0.25) is 0 Å². The summed E-state index contributed by atoms with van der Waals surface area (Å²) < 4.78 is 0. The molecule has 5 rings (SSSR count). The topological polar surface area (TPSA) is 81.8 Å². The first-order chi connectivity index (χ1) is 13.5. The molecule has 7 nitrogen and oxygen atoms in total. The van der Waals surface area contributed by atoms with Crippen LogP contribution in [0.3, 0.4) is 0 Å². The average molecular weight is 382 g/mol. The van der Waals surface area contributed by atoms with Crippen LogP contribution in [0.15, 0.2) is 18.2 Å². The zero-order valence-electron chi connectivity index (χ0n) is 16.2. The normalized spacial score (nSPS) is 28.2. The number of carbonyl (C=O) groups excluding carboxylic acids is 3. The van der Waals surface area contributed by atoms with E-state index in [9.17, 15) is 14.4 Å². The van der Waals surface area contributed by atoms with Gasteiger partial charge >= 0.3 is 0 Å². The van der Waals surface area contributed by atoms with Crippen molar-refractivity contribution in [2.24, 2.45) is 5.41 Å². The molecule has 28 heavy (non-hydrogen) atoms. The van der Waals surface area contributed by atoms with E-state index in [-0.39, 0.29) is 24.1 Å². The number of nitrogens with one attached hydrogen (secondary N) is 2. The number of amides is 3. The van der Waals surface area contributed by atoms with Crippen LogP contribution in [-0.2, 0) is 22.7 Å². The highest BCUT2D eigenvalue weighted by Gasteiger charge is 2.53. The lowest BCUT2D eigenvalue weighted by atomic mass is 9.97. The Morgan fingerprint density at radius 1 is 1.25 bits per heavy atom. The van der Waals surface area contributed by atoms with E-state index in [0.717, 1.165) is 30.8 Å². The van der Waals surface area contributed by atoms with Crippen LogP contribution in [0.25, 0.3) is 0 Å². The highest BCUT2D eigenvalue weighted by molar-refractivity contribution is 6.05. The number of benzene rings is 1. The Morgan fingerprint density at radius 3 is 2.82 bits per heavy atom. The summed E-state index contributed by atoms with van der Waals surface area (Å²) in [4.78, 5) is 40.7. The van der Waals surface area contributed by atoms with Gasteiger partial charge in [0.1, 0.15) is 6.04 Å². The quantitative estimate of drug-likeness (QED) is 0.747. The third kappa shape index (κ3) is 2.76. The maximum atomic E-state index is 13.0. The van der Waals surface area contributed by atoms with E-state index in [1.807, 2.05) is 12.1 Å². The number of piperidine rings is 1. The monoisotopic (exact) mass is 382 g/mol. The minimum absolute atomic E-state index is 0.102. The molecule has 148 valence electrons. The van der Waals surface area contributed by atoms with Crippen molar-refractivity contribution < 1.29 is 14.4 Å². The second kappa shape index (κ2) is 6.39. The average Bonchev–Trinajstić information content (AvgIpc) is 3.18. The maximum absolute atomic E-state index is 13.0. The largest absolute Gasteiger partial charge is 0.322 e. The van der Waals surface area contributed by atoms with Crippen molar-refractivity contribution in [1.82, 2.24) is 20.4 Å². The molecule has 0 radical (unpaired) electrons. The third-order valence-corrected chi connectivity index (χ3v) is 7.04. The smallest absolute Gasteiger partial charge is 0.255 e. The van der Waals surface area contributed by atoms with Crippen molar-refractivity contribution in [1.29, 1.82) is 0 Å². The van der Waals surface area contributed by atoms with Crippen molar-refractivity contribution in [3.8, 4) is 0 Å². The summed E-state index contributed by atoms with van der Waals surface area (Å²) in [5, 5.41) is 5.90. The summed E-state index contributed by atoms with van der Waals surface area (Å²) >= 11 is 0. The van der Waals surface area contributed by atoms with Gasteiger partial charge in [-0.2, -0.15) is 0 Å². The summed E-state index contributed by atoms with van der Waals surface area (Å²) in [6.45, 7) is 3.37. The number of carbonyl (C=O) groups is 3. The van der Waals surface area contributed by atoms with Crippen LogP contribution in [0.5, 0.6) is 0 Å². The fourth-order valence-electron chi connectivity index (χ4n) is 5.26. The van der Waals surface area contributed by atoms with E-state index >= 15 is 0 Å². The van der Waals surface area contributed by atoms with Crippen molar-refractivity contribution >= 4 is 17.7 Å². The van der Waals surface area contributed by atoms with Gasteiger partial charge in [0.05, 0.1) is 0 Å². The molecular formula is C21H26N4O3. The highest BCUT2D eigenvalue weighted by Crippen LogP contribution is 2.52. The maximum Gasteiger partial charge on any atom is 0.255 e. The Hall–Kier alpha value is -2.25. The van der Waals surface area contributed by atoms with Gasteiger partial charge in [-0.15, -0.1) is 0 Å². The van der Waals surface area contributed by atoms with E-state index in [1.165, 1.54) is 12.8 Å². The molecule has 4 aliphatic rings. The van der Waals surface area contributed by atoms with Crippen molar-refractivity contribution in [2.75, 3.05) is 20.1 Å². The molecule has 2 N–H and O–H groups in total. The Labute approximate surface area is 164 Å². The minimum Gasteiger partial charge on any atom is -0.322 e. The predicted molar refractivity (Wildman–Crippen MR) is 102 cm³/mol. The van der Waals surface area contributed by atoms with E-state index in [4.69, 9.17) is 0 Å². The molecule has 3 aliphatic heterocycles. The molecule has 1 aromatic rings. The Morgan fingerprint density at radius 2 is 2.07 bits per heavy atom. The molecule has 3 heterocycles. The first-order valence-electron chi connectivity index (χ1n) is 10.1. The number of rotatable bonds is 4. The number of hydrogen-bond acceptors (Lipinski definition) is 5. The molecule has 2 saturated heterocycles. The minimum atomic E-state index is -0.558. The number of nitrogens with zero attached hydrogens (tertiary/aromatic N) is 2. The lowest BCUT2D eigenvalue weighted by Gasteiger charge is -2.30. The van der Waals surface area contributed by atoms with Gasteiger partial charge in [0, 0.05) is 44.2 Å². The van der Waals surface area contributed by atoms with Crippen LogP contribution in [-0.4, -0.2) is 59.7 Å². The summed E-state index contributed by atoms with van der Waals surface area (Å²) in [6.07, 6.45) is 3.27. The fourth-order valence-corrected chi connectivity index (χ4v) is 5.26. The molecular weight excluding hydrogens is 356 g/mol. The van der Waals surface area contributed by atoms with Gasteiger partial charge in [0.2, 0.25) is 11.8 Å². The van der Waals surface area contributed by atoms with Crippen molar-refractivity contribution in [3.63, 3.8) is 0 Å². The summed E-state index contributed by atoms with van der Waals surface area (Å²) in [7, 11) is 2.17. The Bertz CT molecular complexity index is 863. The molecule has 1 saturated carbocycles. The first-order valence-corrected chi connectivity index (χ1v) is 10.1. The van der Waals surface area contributed by atoms with Gasteiger partial charge < -0.3 is 10.2 Å². The number of fused-ring (bicyclic) bond motifs is 1. The fraction of sp³-hybridized carbons (Fsp3) is 0.571. The lowest BCUT2D eigenvalue weighted by Crippen LogP contribution is -2.52. The second-order valence-electron chi connectivity index (χ2n) is 8.77. The van der Waals surface area contributed by atoms with Crippen LogP contribution in [0.1, 0.15) is 47.2 Å². The number of hydrogen-bond donors (Lipinski definition) is 2. The highest BCUT2D eigenvalue weighted by atomic mass is 16.2. The molecule has 7 heteroatoms. The van der Waals surface area contributed by atoms with E-state index in [1.54, 1.807) is 4.90 Å². The van der Waals surface area contributed by atoms with Gasteiger partial charge in [-0.3, -0.25) is 24.6 Å². The number of likely N-dealkylation sites (N-methyl/N-ethyl adjacent to an activating group) is 1. The van der Waals surface area contributed by atoms with Gasteiger partial charge in [-0.25, -0.2) is 0 Å². The second-order valence-corrected chi connectivity index (χ2v) is 8.77. The molecule has 0 aromatic heterocycles. The van der Waals surface area contributed by atoms with Crippen molar-refractivity contribution in [2.45, 2.75) is 50.9 Å².